The zero-order valence-electron chi connectivity index (χ0n) is 11.8. The molecule has 1 aliphatic heterocycles. The van der Waals surface area contributed by atoms with Gasteiger partial charge in [0.15, 0.2) is 0 Å². The summed E-state index contributed by atoms with van der Waals surface area (Å²) < 4.78 is 21.0. The minimum atomic E-state index is -2.80. The fraction of sp³-hybridized carbons (Fsp3) is 0.467. The van der Waals surface area contributed by atoms with Crippen LogP contribution in [-0.2, 0) is 9.09 Å². The van der Waals surface area contributed by atoms with E-state index in [-0.39, 0.29) is 18.2 Å². The van der Waals surface area contributed by atoms with Crippen molar-refractivity contribution in [1.82, 2.24) is 4.67 Å². The zero-order valence-corrected chi connectivity index (χ0v) is 12.7. The molecule has 19 heavy (non-hydrogen) atoms. The van der Waals surface area contributed by atoms with E-state index in [1.54, 1.807) is 6.08 Å². The first-order valence-electron chi connectivity index (χ1n) is 6.71. The Morgan fingerprint density at radius 3 is 2.58 bits per heavy atom. The molecule has 0 saturated carbocycles. The normalized spacial score (nSPS) is 31.8. The van der Waals surface area contributed by atoms with Crippen LogP contribution >= 0.6 is 7.52 Å². The topological polar surface area (TPSA) is 29.5 Å². The highest BCUT2D eigenvalue weighted by atomic mass is 31.2. The molecule has 2 rings (SSSR count). The highest BCUT2D eigenvalue weighted by molar-refractivity contribution is 7.57. The largest absolute Gasteiger partial charge is 0.307 e. The van der Waals surface area contributed by atoms with E-state index in [4.69, 9.17) is 4.52 Å². The lowest BCUT2D eigenvalue weighted by atomic mass is 10.0. The van der Waals surface area contributed by atoms with Crippen molar-refractivity contribution in [3.63, 3.8) is 0 Å². The predicted molar refractivity (Wildman–Crippen MR) is 79.4 cm³/mol. The van der Waals surface area contributed by atoms with Crippen molar-refractivity contribution in [1.29, 1.82) is 0 Å². The van der Waals surface area contributed by atoms with E-state index in [1.807, 2.05) is 35.0 Å². The summed E-state index contributed by atoms with van der Waals surface area (Å²) in [6, 6.07) is 10.3. The Kier molecular flexibility index (Phi) is 4.29. The number of allylic oxidation sites excluding steroid dienone is 1. The molecule has 1 saturated heterocycles. The highest BCUT2D eigenvalue weighted by Crippen LogP contribution is 2.63. The predicted octanol–water partition coefficient (Wildman–Crippen LogP) is 4.24. The number of benzene rings is 1. The maximum atomic E-state index is 13.0. The average Bonchev–Trinajstić information content (AvgIpc) is 2.62. The van der Waals surface area contributed by atoms with Crippen LogP contribution in [-0.4, -0.2) is 22.9 Å². The van der Waals surface area contributed by atoms with Crippen molar-refractivity contribution >= 4 is 7.52 Å². The molecule has 0 unspecified atom stereocenters. The zero-order chi connectivity index (χ0) is 14.0. The molecular formula is C15H22NO2P. The van der Waals surface area contributed by atoms with E-state index in [2.05, 4.69) is 27.4 Å². The van der Waals surface area contributed by atoms with Crippen LogP contribution in [0.4, 0.5) is 0 Å². The Hall–Kier alpha value is -0.890. The van der Waals surface area contributed by atoms with Crippen LogP contribution in [0.5, 0.6) is 0 Å². The van der Waals surface area contributed by atoms with E-state index in [0.29, 0.717) is 6.16 Å². The first kappa shape index (κ1) is 14.5. The van der Waals surface area contributed by atoms with Crippen LogP contribution in [0.3, 0.4) is 0 Å². The summed E-state index contributed by atoms with van der Waals surface area (Å²) in [5.41, 5.74) is 1.09. The van der Waals surface area contributed by atoms with Gasteiger partial charge < -0.3 is 4.52 Å². The summed E-state index contributed by atoms with van der Waals surface area (Å²) in [5, 5.41) is 0. The molecule has 0 N–H and O–H groups in total. The van der Waals surface area contributed by atoms with Crippen molar-refractivity contribution in [3.8, 4) is 0 Å². The molecule has 1 aliphatic rings. The molecule has 1 fully saturated rings. The van der Waals surface area contributed by atoms with Crippen LogP contribution in [0, 0.1) is 0 Å². The molecule has 0 spiro atoms. The maximum absolute atomic E-state index is 13.0. The van der Waals surface area contributed by atoms with Gasteiger partial charge in [-0.25, -0.2) is 4.67 Å². The summed E-state index contributed by atoms with van der Waals surface area (Å²) in [4.78, 5) is 0. The summed E-state index contributed by atoms with van der Waals surface area (Å²) in [7, 11) is -2.80. The molecule has 3 atom stereocenters. The lowest BCUT2D eigenvalue weighted by Crippen LogP contribution is -2.33. The molecule has 1 heterocycles. The Balaban J connectivity index is 2.36. The van der Waals surface area contributed by atoms with Gasteiger partial charge in [0, 0.05) is 12.1 Å². The van der Waals surface area contributed by atoms with Crippen molar-refractivity contribution < 1.29 is 9.09 Å². The molecule has 104 valence electrons. The van der Waals surface area contributed by atoms with Gasteiger partial charge in [-0.15, -0.1) is 6.58 Å². The third-order valence-electron chi connectivity index (χ3n) is 3.50. The molecule has 0 amide bonds. The summed E-state index contributed by atoms with van der Waals surface area (Å²) in [5.74, 6) is 0. The van der Waals surface area contributed by atoms with Crippen molar-refractivity contribution in [2.75, 3.05) is 6.16 Å². The third-order valence-corrected chi connectivity index (χ3v) is 6.31. The Morgan fingerprint density at radius 1 is 1.42 bits per heavy atom. The first-order chi connectivity index (χ1) is 8.99. The molecule has 0 radical (unpaired) electrons. The van der Waals surface area contributed by atoms with Crippen LogP contribution in [0.1, 0.15) is 32.4 Å². The summed E-state index contributed by atoms with van der Waals surface area (Å²) in [6.07, 6.45) is 1.96. The van der Waals surface area contributed by atoms with Gasteiger partial charge in [0.2, 0.25) is 0 Å². The van der Waals surface area contributed by atoms with E-state index in [0.717, 1.165) is 5.56 Å². The van der Waals surface area contributed by atoms with Gasteiger partial charge in [-0.1, -0.05) is 36.4 Å². The van der Waals surface area contributed by atoms with Gasteiger partial charge in [0.25, 0.3) is 7.52 Å². The van der Waals surface area contributed by atoms with Gasteiger partial charge in [-0.3, -0.25) is 4.57 Å². The standard InChI is InChI=1S/C15H22NO2P/c1-5-11-19(17)16(12(2)3)13(4)15(18-19)14-9-7-6-8-10-14/h5-10,12-13,15H,1,11H2,2-4H3/t13-,15+,19+/m1/s1. The monoisotopic (exact) mass is 279 g/mol. The lowest BCUT2D eigenvalue weighted by molar-refractivity contribution is 0.197. The number of hydrogen-bond acceptors (Lipinski definition) is 2. The third kappa shape index (κ3) is 2.69. The quantitative estimate of drug-likeness (QED) is 0.610. The Morgan fingerprint density at radius 2 is 2.05 bits per heavy atom. The van der Waals surface area contributed by atoms with Crippen LogP contribution in [0.25, 0.3) is 0 Å². The van der Waals surface area contributed by atoms with Gasteiger partial charge in [0.05, 0.1) is 6.16 Å². The number of hydrogen-bond donors (Lipinski definition) is 0. The summed E-state index contributed by atoms with van der Waals surface area (Å²) in [6.45, 7) is 9.91. The highest BCUT2D eigenvalue weighted by Gasteiger charge is 2.48. The maximum Gasteiger partial charge on any atom is 0.277 e. The molecule has 0 bridgehead atoms. The van der Waals surface area contributed by atoms with Gasteiger partial charge in [0.1, 0.15) is 6.10 Å². The van der Waals surface area contributed by atoms with E-state index in [9.17, 15) is 4.57 Å². The van der Waals surface area contributed by atoms with Crippen LogP contribution in [0.2, 0.25) is 0 Å². The fourth-order valence-electron chi connectivity index (χ4n) is 2.84. The molecule has 4 heteroatoms. The number of nitrogens with zero attached hydrogens (tertiary/aromatic N) is 1. The van der Waals surface area contributed by atoms with Gasteiger partial charge in [-0.2, -0.15) is 0 Å². The minimum Gasteiger partial charge on any atom is -0.307 e. The Bertz CT molecular complexity index is 486. The van der Waals surface area contributed by atoms with E-state index >= 15 is 0 Å². The molecule has 3 nitrogen and oxygen atoms in total. The van der Waals surface area contributed by atoms with E-state index in [1.165, 1.54) is 0 Å². The number of rotatable bonds is 4. The second kappa shape index (κ2) is 5.62. The van der Waals surface area contributed by atoms with Crippen molar-refractivity contribution in [2.24, 2.45) is 0 Å². The molecular weight excluding hydrogens is 257 g/mol. The molecule has 0 aromatic heterocycles. The second-order valence-electron chi connectivity index (χ2n) is 5.26. The molecule has 0 aliphatic carbocycles. The van der Waals surface area contributed by atoms with Gasteiger partial charge >= 0.3 is 0 Å². The lowest BCUT2D eigenvalue weighted by Gasteiger charge is -2.29. The van der Waals surface area contributed by atoms with Gasteiger partial charge in [-0.05, 0) is 26.3 Å². The average molecular weight is 279 g/mol. The Labute approximate surface area is 115 Å². The van der Waals surface area contributed by atoms with Crippen LogP contribution in [0.15, 0.2) is 43.0 Å². The SMILES string of the molecule is C=CC[P@]1(=O)O[C@H](c2ccccc2)[C@@H](C)N1C(C)C. The van der Waals surface area contributed by atoms with Crippen molar-refractivity contribution in [2.45, 2.75) is 39.0 Å². The molecule has 1 aromatic carbocycles. The molecule has 1 aromatic rings. The smallest absolute Gasteiger partial charge is 0.277 e. The fourth-order valence-corrected chi connectivity index (χ4v) is 5.58. The van der Waals surface area contributed by atoms with Crippen molar-refractivity contribution in [3.05, 3.63) is 48.6 Å². The minimum absolute atomic E-state index is 0.105. The van der Waals surface area contributed by atoms with Crippen LogP contribution < -0.4 is 0 Å². The second-order valence-corrected chi connectivity index (χ2v) is 7.57. The van der Waals surface area contributed by atoms with E-state index < -0.39 is 7.52 Å². The summed E-state index contributed by atoms with van der Waals surface area (Å²) >= 11 is 0. The first-order valence-corrected chi connectivity index (χ1v) is 8.48.